The van der Waals surface area contributed by atoms with Crippen molar-refractivity contribution >= 4 is 28.4 Å². The Morgan fingerprint density at radius 3 is 2.63 bits per heavy atom. The molecule has 0 unspecified atom stereocenters. The van der Waals surface area contributed by atoms with E-state index in [9.17, 15) is 14.7 Å². The summed E-state index contributed by atoms with van der Waals surface area (Å²) in [5, 5.41) is 13.1. The molecule has 7 heteroatoms. The Balaban J connectivity index is 1.51. The van der Waals surface area contributed by atoms with Crippen LogP contribution in [0, 0.1) is 0 Å². The topological polar surface area (TPSA) is 84.2 Å². The average Bonchev–Trinajstić information content (AvgIpc) is 2.75. The molecule has 0 aliphatic carbocycles. The van der Waals surface area contributed by atoms with E-state index in [-0.39, 0.29) is 17.2 Å². The fourth-order valence-corrected chi connectivity index (χ4v) is 3.34. The number of nitrogens with zero attached hydrogens (tertiary/aromatic N) is 2. The number of amides is 1. The van der Waals surface area contributed by atoms with E-state index in [2.05, 4.69) is 10.3 Å². The van der Waals surface area contributed by atoms with Crippen molar-refractivity contribution in [1.82, 2.24) is 14.9 Å². The second kappa shape index (κ2) is 8.39. The van der Waals surface area contributed by atoms with E-state index in [1.165, 1.54) is 10.9 Å². The number of benzene rings is 3. The highest BCUT2D eigenvalue weighted by atomic mass is 35.5. The number of nitrogens with one attached hydrogen (secondary N) is 1. The fourth-order valence-electron chi connectivity index (χ4n) is 3.16. The van der Waals surface area contributed by atoms with E-state index in [0.717, 1.165) is 5.56 Å². The predicted molar refractivity (Wildman–Crippen MR) is 116 cm³/mol. The van der Waals surface area contributed by atoms with E-state index in [1.807, 2.05) is 12.1 Å². The lowest BCUT2D eigenvalue weighted by Gasteiger charge is -2.09. The smallest absolute Gasteiger partial charge is 0.265 e. The Morgan fingerprint density at radius 2 is 1.87 bits per heavy atom. The standard InChI is InChI=1S/C23H18ClN3O3/c24-17-2-1-3-18(13-17)27-14-26-21-12-16(6-9-20(21)23(27)30)22(29)25-11-10-15-4-7-19(28)8-5-15/h1-9,12-14,28H,10-11H2,(H,25,29). The molecule has 2 N–H and O–H groups in total. The van der Waals surface area contributed by atoms with Gasteiger partial charge in [0.15, 0.2) is 0 Å². The molecule has 1 amide bonds. The quantitative estimate of drug-likeness (QED) is 0.516. The number of aromatic nitrogens is 2. The van der Waals surface area contributed by atoms with Crippen LogP contribution in [0.4, 0.5) is 0 Å². The van der Waals surface area contributed by atoms with Gasteiger partial charge in [-0.3, -0.25) is 14.2 Å². The zero-order valence-electron chi connectivity index (χ0n) is 15.9. The minimum absolute atomic E-state index is 0.209. The number of fused-ring (bicyclic) bond motifs is 1. The highest BCUT2D eigenvalue weighted by Gasteiger charge is 2.11. The number of hydrogen-bond acceptors (Lipinski definition) is 4. The van der Waals surface area contributed by atoms with Crippen LogP contribution in [0.25, 0.3) is 16.6 Å². The van der Waals surface area contributed by atoms with Gasteiger partial charge in [0.2, 0.25) is 0 Å². The van der Waals surface area contributed by atoms with Crippen LogP contribution in [0.1, 0.15) is 15.9 Å². The second-order valence-corrected chi connectivity index (χ2v) is 7.24. The van der Waals surface area contributed by atoms with Crippen LogP contribution in [0.15, 0.2) is 77.9 Å². The number of rotatable bonds is 5. The molecule has 0 atom stereocenters. The van der Waals surface area contributed by atoms with Crippen molar-refractivity contribution in [3.05, 3.63) is 99.6 Å². The largest absolute Gasteiger partial charge is 0.508 e. The molecule has 0 spiro atoms. The number of aromatic hydroxyl groups is 1. The van der Waals surface area contributed by atoms with Crippen LogP contribution in [-0.4, -0.2) is 27.1 Å². The maximum absolute atomic E-state index is 12.8. The lowest BCUT2D eigenvalue weighted by Crippen LogP contribution is -2.26. The summed E-state index contributed by atoms with van der Waals surface area (Å²) in [4.78, 5) is 29.6. The van der Waals surface area contributed by atoms with E-state index in [0.29, 0.717) is 40.1 Å². The zero-order chi connectivity index (χ0) is 21.1. The van der Waals surface area contributed by atoms with Gasteiger partial charge in [-0.05, 0) is 60.5 Å². The molecule has 0 radical (unpaired) electrons. The summed E-state index contributed by atoms with van der Waals surface area (Å²) in [5.41, 5.74) is 2.28. The van der Waals surface area contributed by atoms with Crippen molar-refractivity contribution in [3.8, 4) is 11.4 Å². The van der Waals surface area contributed by atoms with Gasteiger partial charge in [0, 0.05) is 17.1 Å². The number of carbonyl (C=O) groups is 1. The van der Waals surface area contributed by atoms with Crippen LogP contribution in [-0.2, 0) is 6.42 Å². The van der Waals surface area contributed by atoms with E-state index >= 15 is 0 Å². The molecule has 0 aliphatic rings. The van der Waals surface area contributed by atoms with Crippen molar-refractivity contribution in [2.45, 2.75) is 6.42 Å². The van der Waals surface area contributed by atoms with Gasteiger partial charge in [0.25, 0.3) is 11.5 Å². The fraction of sp³-hybridized carbons (Fsp3) is 0.0870. The maximum Gasteiger partial charge on any atom is 0.265 e. The molecule has 1 aromatic heterocycles. The van der Waals surface area contributed by atoms with Crippen LogP contribution < -0.4 is 10.9 Å². The lowest BCUT2D eigenvalue weighted by atomic mass is 10.1. The van der Waals surface area contributed by atoms with Crippen LogP contribution in [0.2, 0.25) is 5.02 Å². The Bertz CT molecular complexity index is 1280. The van der Waals surface area contributed by atoms with Gasteiger partial charge in [-0.2, -0.15) is 0 Å². The van der Waals surface area contributed by atoms with Gasteiger partial charge in [-0.15, -0.1) is 0 Å². The molecule has 0 fully saturated rings. The van der Waals surface area contributed by atoms with Crippen molar-refractivity contribution in [2.24, 2.45) is 0 Å². The molecule has 0 saturated heterocycles. The summed E-state index contributed by atoms with van der Waals surface area (Å²) in [7, 11) is 0. The second-order valence-electron chi connectivity index (χ2n) is 6.80. The normalized spacial score (nSPS) is 10.8. The molecule has 3 aromatic carbocycles. The minimum Gasteiger partial charge on any atom is -0.508 e. The SMILES string of the molecule is O=C(NCCc1ccc(O)cc1)c1ccc2c(=O)n(-c3cccc(Cl)c3)cnc2c1. The Hall–Kier alpha value is -3.64. The summed E-state index contributed by atoms with van der Waals surface area (Å²) in [6.45, 7) is 0.450. The molecule has 4 rings (SSSR count). The van der Waals surface area contributed by atoms with E-state index in [1.54, 1.807) is 54.6 Å². The molecule has 30 heavy (non-hydrogen) atoms. The minimum atomic E-state index is -0.239. The van der Waals surface area contributed by atoms with Gasteiger partial charge in [-0.1, -0.05) is 29.8 Å². The van der Waals surface area contributed by atoms with E-state index < -0.39 is 0 Å². The summed E-state index contributed by atoms with van der Waals surface area (Å²) >= 11 is 6.02. The molecular formula is C23H18ClN3O3. The van der Waals surface area contributed by atoms with Gasteiger partial charge < -0.3 is 10.4 Å². The molecular weight excluding hydrogens is 402 g/mol. The third-order valence-corrected chi connectivity index (χ3v) is 4.98. The van der Waals surface area contributed by atoms with Gasteiger partial charge >= 0.3 is 0 Å². The highest BCUT2D eigenvalue weighted by Crippen LogP contribution is 2.16. The maximum atomic E-state index is 12.8. The molecule has 150 valence electrons. The van der Waals surface area contributed by atoms with Gasteiger partial charge in [0.1, 0.15) is 12.1 Å². The summed E-state index contributed by atoms with van der Waals surface area (Å²) in [5.74, 6) is -0.0302. The first-order valence-electron chi connectivity index (χ1n) is 9.35. The monoisotopic (exact) mass is 419 g/mol. The van der Waals surface area contributed by atoms with Crippen LogP contribution in [0.5, 0.6) is 5.75 Å². The van der Waals surface area contributed by atoms with Crippen molar-refractivity contribution in [3.63, 3.8) is 0 Å². The highest BCUT2D eigenvalue weighted by molar-refractivity contribution is 6.30. The number of phenols is 1. The Morgan fingerprint density at radius 1 is 1.07 bits per heavy atom. The molecule has 0 bridgehead atoms. The van der Waals surface area contributed by atoms with Crippen LogP contribution >= 0.6 is 11.6 Å². The lowest BCUT2D eigenvalue weighted by molar-refractivity contribution is 0.0954. The van der Waals surface area contributed by atoms with Crippen molar-refractivity contribution in [2.75, 3.05) is 6.54 Å². The zero-order valence-corrected chi connectivity index (χ0v) is 16.6. The summed E-state index contributed by atoms with van der Waals surface area (Å²) in [6.07, 6.45) is 2.07. The molecule has 1 heterocycles. The first-order valence-corrected chi connectivity index (χ1v) is 9.72. The summed E-state index contributed by atoms with van der Waals surface area (Å²) < 4.78 is 1.42. The van der Waals surface area contributed by atoms with Crippen LogP contribution in [0.3, 0.4) is 0 Å². The molecule has 0 saturated carbocycles. The third-order valence-electron chi connectivity index (χ3n) is 4.74. The molecule has 0 aliphatic heterocycles. The van der Waals surface area contributed by atoms with Crippen molar-refractivity contribution < 1.29 is 9.90 Å². The Labute approximate surface area is 177 Å². The predicted octanol–water partition coefficient (Wildman–Crippen LogP) is 3.72. The van der Waals surface area contributed by atoms with Gasteiger partial charge in [-0.25, -0.2) is 4.98 Å². The number of carbonyl (C=O) groups excluding carboxylic acids is 1. The number of phenolic OH excluding ortho intramolecular Hbond substituents is 1. The first kappa shape index (κ1) is 19.7. The first-order chi connectivity index (χ1) is 14.5. The average molecular weight is 420 g/mol. The van der Waals surface area contributed by atoms with Gasteiger partial charge in [0.05, 0.1) is 16.6 Å². The number of hydrogen-bond donors (Lipinski definition) is 2. The molecule has 4 aromatic rings. The van der Waals surface area contributed by atoms with Crippen molar-refractivity contribution in [1.29, 1.82) is 0 Å². The number of halogens is 1. The van der Waals surface area contributed by atoms with E-state index in [4.69, 9.17) is 11.6 Å². The third kappa shape index (κ3) is 4.18. The Kier molecular flexibility index (Phi) is 5.50. The molecule has 6 nitrogen and oxygen atoms in total. The summed E-state index contributed by atoms with van der Waals surface area (Å²) in [6, 6.07) is 18.6.